The van der Waals surface area contributed by atoms with Gasteiger partial charge in [0.05, 0.1) is 12.2 Å². The van der Waals surface area contributed by atoms with Gasteiger partial charge in [-0.25, -0.2) is 4.79 Å². The van der Waals surface area contributed by atoms with Crippen molar-refractivity contribution in [1.82, 2.24) is 0 Å². The van der Waals surface area contributed by atoms with Crippen molar-refractivity contribution in [3.05, 3.63) is 72.3 Å². The molecule has 0 bridgehead atoms. The molecule has 0 aliphatic heterocycles. The Balaban J connectivity index is 1.96. The summed E-state index contributed by atoms with van der Waals surface area (Å²) in [4.78, 5) is 11.7. The molecule has 0 saturated carbocycles. The molecule has 2 heteroatoms. The van der Waals surface area contributed by atoms with E-state index in [1.54, 1.807) is 0 Å². The second-order valence-electron chi connectivity index (χ2n) is 4.82. The fraction of sp³-hybridized carbons (Fsp3) is 0.105. The van der Waals surface area contributed by atoms with Crippen molar-refractivity contribution in [3.8, 4) is 22.3 Å². The van der Waals surface area contributed by atoms with Crippen LogP contribution in [0.5, 0.6) is 0 Å². The van der Waals surface area contributed by atoms with Crippen molar-refractivity contribution in [2.75, 3.05) is 6.61 Å². The lowest BCUT2D eigenvalue weighted by atomic mass is 10.0. The average Bonchev–Trinajstić information content (AvgIpc) is 2.76. The molecule has 0 aromatic heterocycles. The minimum absolute atomic E-state index is 0.275. The van der Waals surface area contributed by atoms with Crippen molar-refractivity contribution >= 4 is 5.97 Å². The van der Waals surface area contributed by atoms with Gasteiger partial charge in [0, 0.05) is 0 Å². The van der Waals surface area contributed by atoms with Crippen molar-refractivity contribution in [2.45, 2.75) is 6.92 Å². The van der Waals surface area contributed by atoms with Gasteiger partial charge in [0.1, 0.15) is 0 Å². The Morgan fingerprint density at radius 2 is 1.43 bits per heavy atom. The summed E-state index contributed by atoms with van der Waals surface area (Å²) < 4.78 is 5.00. The number of esters is 1. The third-order valence-electron chi connectivity index (χ3n) is 3.50. The van der Waals surface area contributed by atoms with Gasteiger partial charge in [-0.2, -0.15) is 0 Å². The molecule has 1 aromatic carbocycles. The van der Waals surface area contributed by atoms with E-state index < -0.39 is 0 Å². The Bertz CT molecular complexity index is 729. The van der Waals surface area contributed by atoms with Gasteiger partial charge in [0.15, 0.2) is 0 Å². The van der Waals surface area contributed by atoms with Gasteiger partial charge in [-0.05, 0) is 41.3 Å². The normalized spacial score (nSPS) is 10.5. The first-order chi connectivity index (χ1) is 10.3. The summed E-state index contributed by atoms with van der Waals surface area (Å²) in [6.07, 6.45) is 0. The predicted octanol–water partition coefficient (Wildman–Crippen LogP) is 4.64. The molecule has 0 fully saturated rings. The zero-order chi connectivity index (χ0) is 14.7. The maximum absolute atomic E-state index is 11.7. The fourth-order valence-electron chi connectivity index (χ4n) is 2.47. The van der Waals surface area contributed by atoms with Gasteiger partial charge in [-0.3, -0.25) is 0 Å². The van der Waals surface area contributed by atoms with E-state index in [-0.39, 0.29) is 5.97 Å². The van der Waals surface area contributed by atoms with Crippen LogP contribution in [0.3, 0.4) is 0 Å². The highest BCUT2D eigenvalue weighted by Gasteiger charge is 2.11. The fourth-order valence-corrected chi connectivity index (χ4v) is 2.47. The average molecular weight is 276 g/mol. The first kappa shape index (κ1) is 13.4. The van der Waals surface area contributed by atoms with E-state index in [0.717, 1.165) is 5.56 Å². The lowest BCUT2D eigenvalue weighted by Crippen LogP contribution is -2.03. The Hall–Kier alpha value is -2.61. The molecule has 3 rings (SSSR count). The van der Waals surface area contributed by atoms with Gasteiger partial charge in [0.25, 0.3) is 0 Å². The molecule has 2 nitrogen and oxygen atoms in total. The summed E-state index contributed by atoms with van der Waals surface area (Å²) in [6, 6.07) is 22.1. The highest BCUT2D eigenvalue weighted by Crippen LogP contribution is 2.34. The predicted molar refractivity (Wildman–Crippen MR) is 84.5 cm³/mol. The van der Waals surface area contributed by atoms with E-state index in [1.807, 2.05) is 49.4 Å². The van der Waals surface area contributed by atoms with Crippen molar-refractivity contribution < 1.29 is 9.53 Å². The third kappa shape index (κ3) is 2.65. The van der Waals surface area contributed by atoms with Crippen LogP contribution in [0.1, 0.15) is 17.3 Å². The molecule has 2 aliphatic rings. The Morgan fingerprint density at radius 1 is 0.810 bits per heavy atom. The van der Waals surface area contributed by atoms with Crippen molar-refractivity contribution in [1.29, 1.82) is 0 Å². The molecular weight excluding hydrogens is 260 g/mol. The SMILES string of the molecule is CCOC(=O)c1ccc(-c2ccc3cccccc2-3)cc1. The molecular formula is C19H16O2. The van der Waals surface area contributed by atoms with E-state index >= 15 is 0 Å². The van der Waals surface area contributed by atoms with Crippen molar-refractivity contribution in [3.63, 3.8) is 0 Å². The molecule has 2 aliphatic carbocycles. The zero-order valence-electron chi connectivity index (χ0n) is 11.9. The van der Waals surface area contributed by atoms with Gasteiger partial charge in [-0.1, -0.05) is 54.6 Å². The van der Waals surface area contributed by atoms with E-state index in [1.165, 1.54) is 16.7 Å². The van der Waals surface area contributed by atoms with Crippen LogP contribution in [0, 0.1) is 0 Å². The topological polar surface area (TPSA) is 26.3 Å². The molecule has 0 saturated heterocycles. The maximum Gasteiger partial charge on any atom is 0.338 e. The van der Waals surface area contributed by atoms with Crippen LogP contribution in [0.2, 0.25) is 0 Å². The molecule has 0 radical (unpaired) electrons. The van der Waals surface area contributed by atoms with Crippen LogP contribution >= 0.6 is 0 Å². The number of hydrogen-bond acceptors (Lipinski definition) is 2. The van der Waals surface area contributed by atoms with Crippen LogP contribution in [0.25, 0.3) is 22.3 Å². The largest absolute Gasteiger partial charge is 0.462 e. The summed E-state index contributed by atoms with van der Waals surface area (Å²) in [7, 11) is 0. The minimum Gasteiger partial charge on any atom is -0.462 e. The van der Waals surface area contributed by atoms with Gasteiger partial charge in [0.2, 0.25) is 0 Å². The van der Waals surface area contributed by atoms with Gasteiger partial charge in [-0.15, -0.1) is 0 Å². The smallest absolute Gasteiger partial charge is 0.338 e. The first-order valence-corrected chi connectivity index (χ1v) is 7.05. The lowest BCUT2D eigenvalue weighted by molar-refractivity contribution is 0.0526. The Labute approximate surface area is 124 Å². The number of benzene rings is 1. The highest BCUT2D eigenvalue weighted by atomic mass is 16.5. The van der Waals surface area contributed by atoms with Crippen LogP contribution in [0.4, 0.5) is 0 Å². The van der Waals surface area contributed by atoms with E-state index in [9.17, 15) is 4.79 Å². The quantitative estimate of drug-likeness (QED) is 0.652. The molecule has 0 unspecified atom stereocenters. The summed E-state index contributed by atoms with van der Waals surface area (Å²) in [6.45, 7) is 2.20. The highest BCUT2D eigenvalue weighted by molar-refractivity contribution is 5.91. The molecule has 0 N–H and O–H groups in total. The number of fused-ring (bicyclic) bond motifs is 1. The molecule has 21 heavy (non-hydrogen) atoms. The molecule has 0 atom stereocenters. The lowest BCUT2D eigenvalue weighted by Gasteiger charge is -2.05. The van der Waals surface area contributed by atoms with E-state index in [0.29, 0.717) is 12.2 Å². The second-order valence-corrected chi connectivity index (χ2v) is 4.82. The zero-order valence-corrected chi connectivity index (χ0v) is 11.9. The summed E-state index contributed by atoms with van der Waals surface area (Å²) >= 11 is 0. The van der Waals surface area contributed by atoms with Gasteiger partial charge < -0.3 is 4.74 Å². The standard InChI is InChI=1S/C19H16O2/c1-2-21-19(20)16-10-8-15(9-11-16)18-13-12-14-6-4-3-5-7-17(14)18/h3-13H,2H2,1H3. The van der Waals surface area contributed by atoms with E-state index in [4.69, 9.17) is 4.74 Å². The number of carbonyl (C=O) groups is 1. The summed E-state index contributed by atoms with van der Waals surface area (Å²) in [5, 5.41) is 0. The van der Waals surface area contributed by atoms with Crippen LogP contribution < -0.4 is 0 Å². The molecule has 0 heterocycles. The Morgan fingerprint density at radius 3 is 2.19 bits per heavy atom. The molecule has 0 amide bonds. The molecule has 1 aromatic rings. The summed E-state index contributed by atoms with van der Waals surface area (Å²) in [5.41, 5.74) is 5.29. The monoisotopic (exact) mass is 276 g/mol. The minimum atomic E-state index is -0.275. The van der Waals surface area contributed by atoms with Gasteiger partial charge >= 0.3 is 5.97 Å². The maximum atomic E-state index is 11.7. The Kier molecular flexibility index (Phi) is 3.69. The molecule has 104 valence electrons. The number of rotatable bonds is 3. The third-order valence-corrected chi connectivity index (χ3v) is 3.50. The molecule has 0 spiro atoms. The van der Waals surface area contributed by atoms with Crippen LogP contribution in [0.15, 0.2) is 66.7 Å². The first-order valence-electron chi connectivity index (χ1n) is 7.05. The summed E-state index contributed by atoms with van der Waals surface area (Å²) in [5.74, 6) is -0.275. The number of hydrogen-bond donors (Lipinski definition) is 0. The van der Waals surface area contributed by atoms with Crippen molar-refractivity contribution in [2.24, 2.45) is 0 Å². The van der Waals surface area contributed by atoms with Crippen LogP contribution in [-0.2, 0) is 4.74 Å². The van der Waals surface area contributed by atoms with E-state index in [2.05, 4.69) is 24.3 Å². The number of carbonyl (C=O) groups excluding carboxylic acids is 1. The second kappa shape index (κ2) is 5.80. The number of ether oxygens (including phenoxy) is 1. The van der Waals surface area contributed by atoms with Crippen LogP contribution in [-0.4, -0.2) is 12.6 Å².